The molecule has 2 rings (SSSR count). The molecule has 82 valence electrons. The largest absolute Gasteiger partial charge is 0.380 e. The fraction of sp³-hybridized carbons (Fsp3) is 0.200. The Kier molecular flexibility index (Phi) is 3.73. The van der Waals surface area contributed by atoms with Gasteiger partial charge in [0.05, 0.1) is 6.61 Å². The highest BCUT2D eigenvalue weighted by atomic mass is 16.5. The maximum absolute atomic E-state index is 5.09. The minimum absolute atomic E-state index is 0.686. The molecule has 0 atom stereocenters. The molecule has 0 unspecified atom stereocenters. The van der Waals surface area contributed by atoms with E-state index in [2.05, 4.69) is 48.5 Å². The van der Waals surface area contributed by atoms with Crippen LogP contribution < -0.4 is 0 Å². The summed E-state index contributed by atoms with van der Waals surface area (Å²) < 4.78 is 5.09. The number of rotatable bonds is 4. The lowest BCUT2D eigenvalue weighted by atomic mass is 10.0. The monoisotopic (exact) mass is 212 g/mol. The number of methoxy groups -OCH3 is 1. The standard InChI is InChI=1S/C15H16O/c1-16-12-15-9-7-14(8-10-15)11-13-5-3-2-4-6-13/h2-10H,11-12H2,1H3. The van der Waals surface area contributed by atoms with Gasteiger partial charge in [-0.05, 0) is 23.1 Å². The summed E-state index contributed by atoms with van der Waals surface area (Å²) in [6, 6.07) is 19.1. The molecule has 1 heteroatoms. The van der Waals surface area contributed by atoms with Crippen molar-refractivity contribution in [3.63, 3.8) is 0 Å². The molecule has 0 aromatic heterocycles. The Labute approximate surface area is 96.7 Å². The van der Waals surface area contributed by atoms with Crippen LogP contribution in [0.1, 0.15) is 16.7 Å². The second-order valence-corrected chi connectivity index (χ2v) is 3.91. The van der Waals surface area contributed by atoms with Gasteiger partial charge in [0, 0.05) is 7.11 Å². The fourth-order valence-corrected chi connectivity index (χ4v) is 1.75. The molecule has 0 saturated carbocycles. The van der Waals surface area contributed by atoms with Crippen molar-refractivity contribution in [1.82, 2.24) is 0 Å². The first-order chi connectivity index (χ1) is 7.88. The zero-order valence-electron chi connectivity index (χ0n) is 9.52. The van der Waals surface area contributed by atoms with Crippen molar-refractivity contribution < 1.29 is 4.74 Å². The molecule has 16 heavy (non-hydrogen) atoms. The van der Waals surface area contributed by atoms with Crippen molar-refractivity contribution in [3.05, 3.63) is 71.3 Å². The van der Waals surface area contributed by atoms with Gasteiger partial charge in [-0.1, -0.05) is 54.6 Å². The normalized spacial score (nSPS) is 10.3. The average molecular weight is 212 g/mol. The van der Waals surface area contributed by atoms with Gasteiger partial charge in [-0.3, -0.25) is 0 Å². The van der Waals surface area contributed by atoms with Crippen LogP contribution in [0.15, 0.2) is 54.6 Å². The van der Waals surface area contributed by atoms with Crippen LogP contribution in [0.3, 0.4) is 0 Å². The SMILES string of the molecule is COCc1ccc(Cc2ccccc2)cc1. The van der Waals surface area contributed by atoms with E-state index in [1.54, 1.807) is 7.11 Å². The Morgan fingerprint density at radius 1 is 0.750 bits per heavy atom. The summed E-state index contributed by atoms with van der Waals surface area (Å²) in [5, 5.41) is 0. The van der Waals surface area contributed by atoms with Crippen LogP contribution in [-0.2, 0) is 17.8 Å². The molecule has 0 aliphatic rings. The second kappa shape index (κ2) is 5.47. The molecule has 0 spiro atoms. The highest BCUT2D eigenvalue weighted by Crippen LogP contribution is 2.11. The predicted octanol–water partition coefficient (Wildman–Crippen LogP) is 3.42. The summed E-state index contributed by atoms with van der Waals surface area (Å²) in [6.45, 7) is 0.686. The van der Waals surface area contributed by atoms with Crippen LogP contribution >= 0.6 is 0 Å². The van der Waals surface area contributed by atoms with Crippen LogP contribution in [-0.4, -0.2) is 7.11 Å². The van der Waals surface area contributed by atoms with Crippen LogP contribution in [0, 0.1) is 0 Å². The van der Waals surface area contributed by atoms with E-state index in [0.29, 0.717) is 6.61 Å². The van der Waals surface area contributed by atoms with Gasteiger partial charge < -0.3 is 4.74 Å². The van der Waals surface area contributed by atoms with E-state index in [0.717, 1.165) is 6.42 Å². The van der Waals surface area contributed by atoms with E-state index in [4.69, 9.17) is 4.74 Å². The van der Waals surface area contributed by atoms with E-state index in [1.807, 2.05) is 6.07 Å². The summed E-state index contributed by atoms with van der Waals surface area (Å²) in [4.78, 5) is 0. The van der Waals surface area contributed by atoms with Gasteiger partial charge in [0.25, 0.3) is 0 Å². The van der Waals surface area contributed by atoms with Crippen LogP contribution in [0.25, 0.3) is 0 Å². The van der Waals surface area contributed by atoms with Crippen molar-refractivity contribution in [2.24, 2.45) is 0 Å². The molecule has 2 aromatic rings. The van der Waals surface area contributed by atoms with E-state index >= 15 is 0 Å². The van der Waals surface area contributed by atoms with Crippen molar-refractivity contribution in [2.45, 2.75) is 13.0 Å². The summed E-state index contributed by atoms with van der Waals surface area (Å²) in [6.07, 6.45) is 0.994. The van der Waals surface area contributed by atoms with Gasteiger partial charge in [-0.25, -0.2) is 0 Å². The first kappa shape index (κ1) is 10.9. The molecule has 2 aromatic carbocycles. The molecule has 0 saturated heterocycles. The molecule has 0 bridgehead atoms. The molecule has 0 aliphatic carbocycles. The highest BCUT2D eigenvalue weighted by molar-refractivity contribution is 5.28. The topological polar surface area (TPSA) is 9.23 Å². The third-order valence-electron chi connectivity index (χ3n) is 2.59. The number of hydrogen-bond donors (Lipinski definition) is 0. The molecular formula is C15H16O. The first-order valence-corrected chi connectivity index (χ1v) is 5.49. The Hall–Kier alpha value is -1.60. The van der Waals surface area contributed by atoms with Gasteiger partial charge in [0.15, 0.2) is 0 Å². The van der Waals surface area contributed by atoms with Gasteiger partial charge in [0.1, 0.15) is 0 Å². The zero-order chi connectivity index (χ0) is 11.2. The third kappa shape index (κ3) is 2.94. The van der Waals surface area contributed by atoms with E-state index in [9.17, 15) is 0 Å². The lowest BCUT2D eigenvalue weighted by Crippen LogP contribution is -1.90. The molecule has 0 amide bonds. The van der Waals surface area contributed by atoms with Gasteiger partial charge in [-0.15, -0.1) is 0 Å². The summed E-state index contributed by atoms with van der Waals surface area (Å²) in [5.74, 6) is 0. The second-order valence-electron chi connectivity index (χ2n) is 3.91. The smallest absolute Gasteiger partial charge is 0.0713 e. The molecule has 1 nitrogen and oxygen atoms in total. The van der Waals surface area contributed by atoms with Gasteiger partial charge in [0.2, 0.25) is 0 Å². The van der Waals surface area contributed by atoms with Crippen LogP contribution in [0.5, 0.6) is 0 Å². The quantitative estimate of drug-likeness (QED) is 0.754. The Bertz CT molecular complexity index is 417. The lowest BCUT2D eigenvalue weighted by molar-refractivity contribution is 0.185. The molecular weight excluding hydrogens is 196 g/mol. The number of hydrogen-bond acceptors (Lipinski definition) is 1. The van der Waals surface area contributed by atoms with E-state index in [1.165, 1.54) is 16.7 Å². The predicted molar refractivity (Wildman–Crippen MR) is 66.4 cm³/mol. The maximum atomic E-state index is 5.09. The van der Waals surface area contributed by atoms with Crippen LogP contribution in [0.4, 0.5) is 0 Å². The first-order valence-electron chi connectivity index (χ1n) is 5.49. The van der Waals surface area contributed by atoms with E-state index < -0.39 is 0 Å². The van der Waals surface area contributed by atoms with Gasteiger partial charge in [-0.2, -0.15) is 0 Å². The minimum atomic E-state index is 0.686. The van der Waals surface area contributed by atoms with Crippen molar-refractivity contribution in [1.29, 1.82) is 0 Å². The minimum Gasteiger partial charge on any atom is -0.380 e. The summed E-state index contributed by atoms with van der Waals surface area (Å²) in [7, 11) is 1.72. The average Bonchev–Trinajstić information content (AvgIpc) is 2.33. The van der Waals surface area contributed by atoms with Crippen molar-refractivity contribution in [3.8, 4) is 0 Å². The Morgan fingerprint density at radius 3 is 1.94 bits per heavy atom. The third-order valence-corrected chi connectivity index (χ3v) is 2.59. The van der Waals surface area contributed by atoms with Crippen LogP contribution in [0.2, 0.25) is 0 Å². The number of ether oxygens (including phenoxy) is 1. The molecule has 0 radical (unpaired) electrons. The molecule has 0 N–H and O–H groups in total. The zero-order valence-corrected chi connectivity index (χ0v) is 9.52. The summed E-state index contributed by atoms with van der Waals surface area (Å²) >= 11 is 0. The highest BCUT2D eigenvalue weighted by Gasteiger charge is 1.96. The summed E-state index contributed by atoms with van der Waals surface area (Å²) in [5.41, 5.74) is 3.91. The van der Waals surface area contributed by atoms with Crippen molar-refractivity contribution in [2.75, 3.05) is 7.11 Å². The van der Waals surface area contributed by atoms with Crippen molar-refractivity contribution >= 4 is 0 Å². The van der Waals surface area contributed by atoms with Gasteiger partial charge >= 0.3 is 0 Å². The van der Waals surface area contributed by atoms with E-state index in [-0.39, 0.29) is 0 Å². The molecule has 0 aliphatic heterocycles. The Morgan fingerprint density at radius 2 is 1.31 bits per heavy atom. The molecule has 0 heterocycles. The Balaban J connectivity index is 2.05. The maximum Gasteiger partial charge on any atom is 0.0713 e. The lowest BCUT2D eigenvalue weighted by Gasteiger charge is -2.03. The molecule has 0 fully saturated rings. The number of benzene rings is 2. The fourth-order valence-electron chi connectivity index (χ4n) is 1.75.